The van der Waals surface area contributed by atoms with Crippen LogP contribution in [0.4, 0.5) is 11.5 Å². The molecule has 1 unspecified atom stereocenters. The van der Waals surface area contributed by atoms with E-state index in [1.807, 2.05) is 19.0 Å². The first-order valence-corrected chi connectivity index (χ1v) is 5.51. The summed E-state index contributed by atoms with van der Waals surface area (Å²) in [7, 11) is 3.72. The molecule has 1 heterocycles. The van der Waals surface area contributed by atoms with Crippen LogP contribution in [0.2, 0.25) is 0 Å². The standard InChI is InChI=1S/C11H18N4O3/c1-11(16,8-14(2)3)7-13-10-6-9(15(17)18)4-5-12-10/h4-6,16H,7-8H2,1-3H3,(H,12,13). The maximum atomic E-state index is 10.6. The number of rotatable bonds is 6. The second-order valence-electron chi connectivity index (χ2n) is 4.74. The molecule has 1 atom stereocenters. The van der Waals surface area contributed by atoms with Crippen LogP contribution < -0.4 is 5.32 Å². The third-order valence-electron chi connectivity index (χ3n) is 2.26. The van der Waals surface area contributed by atoms with Crippen LogP contribution in [0.25, 0.3) is 0 Å². The zero-order valence-electron chi connectivity index (χ0n) is 10.8. The van der Waals surface area contributed by atoms with Gasteiger partial charge in [0, 0.05) is 25.4 Å². The number of nitro groups is 1. The van der Waals surface area contributed by atoms with Crippen LogP contribution in [0.1, 0.15) is 6.92 Å². The molecule has 7 nitrogen and oxygen atoms in total. The Morgan fingerprint density at radius 3 is 2.83 bits per heavy atom. The van der Waals surface area contributed by atoms with Gasteiger partial charge in [-0.25, -0.2) is 4.98 Å². The van der Waals surface area contributed by atoms with E-state index >= 15 is 0 Å². The summed E-state index contributed by atoms with van der Waals surface area (Å²) in [5.74, 6) is 0.378. The molecule has 1 aromatic rings. The second-order valence-corrected chi connectivity index (χ2v) is 4.74. The maximum absolute atomic E-state index is 10.6. The van der Waals surface area contributed by atoms with Gasteiger partial charge in [-0.3, -0.25) is 10.1 Å². The molecule has 0 spiro atoms. The highest BCUT2D eigenvalue weighted by Crippen LogP contribution is 2.15. The molecule has 100 valence electrons. The van der Waals surface area contributed by atoms with Crippen LogP contribution >= 0.6 is 0 Å². The molecule has 0 bridgehead atoms. The molecule has 0 saturated carbocycles. The zero-order valence-corrected chi connectivity index (χ0v) is 10.8. The zero-order chi connectivity index (χ0) is 13.8. The molecular formula is C11H18N4O3. The van der Waals surface area contributed by atoms with Crippen LogP contribution in [-0.4, -0.2) is 52.7 Å². The van der Waals surface area contributed by atoms with Gasteiger partial charge in [-0.1, -0.05) is 0 Å². The number of hydrogen-bond acceptors (Lipinski definition) is 6. The maximum Gasteiger partial charge on any atom is 0.274 e. The molecule has 0 saturated heterocycles. The molecule has 1 aromatic heterocycles. The second kappa shape index (κ2) is 5.74. The van der Waals surface area contributed by atoms with Crippen LogP contribution in [0.5, 0.6) is 0 Å². The molecule has 0 aliphatic heterocycles. The van der Waals surface area contributed by atoms with Gasteiger partial charge in [0.25, 0.3) is 5.69 Å². The number of pyridine rings is 1. The molecule has 0 aromatic carbocycles. The first-order valence-electron chi connectivity index (χ1n) is 5.51. The van der Waals surface area contributed by atoms with E-state index in [0.717, 1.165) is 0 Å². The van der Waals surface area contributed by atoms with Crippen molar-refractivity contribution in [3.8, 4) is 0 Å². The number of aromatic nitrogens is 1. The van der Waals surface area contributed by atoms with Crippen molar-refractivity contribution >= 4 is 11.5 Å². The molecular weight excluding hydrogens is 236 g/mol. The summed E-state index contributed by atoms with van der Waals surface area (Å²) >= 11 is 0. The van der Waals surface area contributed by atoms with E-state index < -0.39 is 10.5 Å². The highest BCUT2D eigenvalue weighted by atomic mass is 16.6. The third kappa shape index (κ3) is 4.64. The quantitative estimate of drug-likeness (QED) is 0.574. The minimum absolute atomic E-state index is 0.0280. The van der Waals surface area contributed by atoms with Gasteiger partial charge in [0.1, 0.15) is 5.82 Å². The monoisotopic (exact) mass is 254 g/mol. The Bertz CT molecular complexity index is 421. The fourth-order valence-electron chi connectivity index (χ4n) is 1.65. The molecule has 1 rings (SSSR count). The Morgan fingerprint density at radius 2 is 2.28 bits per heavy atom. The number of nitrogens with zero attached hydrogens (tertiary/aromatic N) is 3. The number of hydrogen-bond donors (Lipinski definition) is 2. The summed E-state index contributed by atoms with van der Waals surface area (Å²) in [5, 5.41) is 23.5. The lowest BCUT2D eigenvalue weighted by Crippen LogP contribution is -2.43. The topological polar surface area (TPSA) is 91.5 Å². The first kappa shape index (κ1) is 14.3. The Morgan fingerprint density at radius 1 is 1.61 bits per heavy atom. The van der Waals surface area contributed by atoms with Crippen molar-refractivity contribution in [2.45, 2.75) is 12.5 Å². The smallest absolute Gasteiger partial charge is 0.274 e. The molecule has 0 fully saturated rings. The Labute approximate surface area is 106 Å². The summed E-state index contributed by atoms with van der Waals surface area (Å²) < 4.78 is 0. The molecule has 7 heteroatoms. The van der Waals surface area contributed by atoms with E-state index in [2.05, 4.69) is 10.3 Å². The molecule has 0 amide bonds. The summed E-state index contributed by atoms with van der Waals surface area (Å²) in [6.45, 7) is 2.44. The lowest BCUT2D eigenvalue weighted by atomic mass is 10.1. The van der Waals surface area contributed by atoms with Gasteiger partial charge in [-0.05, 0) is 21.0 Å². The lowest BCUT2D eigenvalue weighted by Gasteiger charge is -2.27. The fourth-order valence-corrected chi connectivity index (χ4v) is 1.65. The molecule has 0 aliphatic rings. The molecule has 18 heavy (non-hydrogen) atoms. The van der Waals surface area contributed by atoms with Gasteiger partial charge in [0.05, 0.1) is 16.6 Å². The lowest BCUT2D eigenvalue weighted by molar-refractivity contribution is -0.384. The van der Waals surface area contributed by atoms with Crippen molar-refractivity contribution in [3.05, 3.63) is 28.4 Å². The van der Waals surface area contributed by atoms with Gasteiger partial charge >= 0.3 is 0 Å². The Balaban J connectivity index is 2.63. The highest BCUT2D eigenvalue weighted by Gasteiger charge is 2.21. The number of likely N-dealkylation sites (N-methyl/N-ethyl adjacent to an activating group) is 1. The van der Waals surface area contributed by atoms with E-state index in [4.69, 9.17) is 0 Å². The average Bonchev–Trinajstić information content (AvgIpc) is 2.25. The minimum atomic E-state index is -0.935. The number of nitrogens with one attached hydrogen (secondary N) is 1. The molecule has 0 radical (unpaired) electrons. The average molecular weight is 254 g/mol. The Hall–Kier alpha value is -1.73. The number of aliphatic hydroxyl groups is 1. The van der Waals surface area contributed by atoms with Crippen LogP contribution in [0.15, 0.2) is 18.3 Å². The Kier molecular flexibility index (Phi) is 4.57. The predicted octanol–water partition coefficient (Wildman–Crippen LogP) is 0.714. The molecule has 2 N–H and O–H groups in total. The van der Waals surface area contributed by atoms with Crippen molar-refractivity contribution in [2.75, 3.05) is 32.5 Å². The minimum Gasteiger partial charge on any atom is -0.387 e. The number of anilines is 1. The molecule has 0 aliphatic carbocycles. The first-order chi connectivity index (χ1) is 8.30. The predicted molar refractivity (Wildman–Crippen MR) is 68.6 cm³/mol. The van der Waals surface area contributed by atoms with Crippen molar-refractivity contribution in [1.29, 1.82) is 0 Å². The van der Waals surface area contributed by atoms with Gasteiger partial charge in [0.15, 0.2) is 0 Å². The SMILES string of the molecule is CN(C)CC(C)(O)CNc1cc([N+](=O)[O-])ccn1. The van der Waals surface area contributed by atoms with Crippen LogP contribution in [0.3, 0.4) is 0 Å². The van der Waals surface area contributed by atoms with Gasteiger partial charge in [-0.15, -0.1) is 0 Å². The van der Waals surface area contributed by atoms with Crippen molar-refractivity contribution in [2.24, 2.45) is 0 Å². The van der Waals surface area contributed by atoms with Crippen LogP contribution in [0, 0.1) is 10.1 Å². The largest absolute Gasteiger partial charge is 0.387 e. The van der Waals surface area contributed by atoms with Crippen molar-refractivity contribution < 1.29 is 10.0 Å². The third-order valence-corrected chi connectivity index (χ3v) is 2.26. The normalized spacial score (nSPS) is 14.3. The van der Waals surface area contributed by atoms with Gasteiger partial charge in [0.2, 0.25) is 0 Å². The van der Waals surface area contributed by atoms with E-state index in [1.165, 1.54) is 18.3 Å². The van der Waals surface area contributed by atoms with Crippen LogP contribution in [-0.2, 0) is 0 Å². The van der Waals surface area contributed by atoms with E-state index in [9.17, 15) is 15.2 Å². The van der Waals surface area contributed by atoms with Crippen molar-refractivity contribution in [3.63, 3.8) is 0 Å². The van der Waals surface area contributed by atoms with E-state index in [0.29, 0.717) is 12.4 Å². The van der Waals surface area contributed by atoms with Crippen molar-refractivity contribution in [1.82, 2.24) is 9.88 Å². The summed E-state index contributed by atoms with van der Waals surface area (Å²) in [5.41, 5.74) is -0.963. The van der Waals surface area contributed by atoms with Gasteiger partial charge in [-0.2, -0.15) is 0 Å². The summed E-state index contributed by atoms with van der Waals surface area (Å²) in [6.07, 6.45) is 1.36. The van der Waals surface area contributed by atoms with E-state index in [-0.39, 0.29) is 12.2 Å². The summed E-state index contributed by atoms with van der Waals surface area (Å²) in [4.78, 5) is 15.9. The highest BCUT2D eigenvalue weighted by molar-refractivity contribution is 5.44. The fraction of sp³-hybridized carbons (Fsp3) is 0.545. The van der Waals surface area contributed by atoms with Gasteiger partial charge < -0.3 is 15.3 Å². The summed E-state index contributed by atoms with van der Waals surface area (Å²) in [6, 6.07) is 2.66. The van der Waals surface area contributed by atoms with E-state index in [1.54, 1.807) is 6.92 Å².